The van der Waals surface area contributed by atoms with E-state index in [0.29, 0.717) is 12.5 Å². The lowest BCUT2D eigenvalue weighted by atomic mass is 10.1. The van der Waals surface area contributed by atoms with Gasteiger partial charge in [-0.25, -0.2) is 0 Å². The number of nitrogens with one attached hydrogen (secondary N) is 1. The summed E-state index contributed by atoms with van der Waals surface area (Å²) >= 11 is 0. The SMILES string of the molecule is CCC(C)CNCC(=O)N(CC)CC. The second kappa shape index (κ2) is 7.80. The fourth-order valence-corrected chi connectivity index (χ4v) is 1.26. The van der Waals surface area contributed by atoms with Crippen LogP contribution in [0.15, 0.2) is 0 Å². The van der Waals surface area contributed by atoms with Gasteiger partial charge in [0.1, 0.15) is 0 Å². The second-order valence-electron chi connectivity index (χ2n) is 3.71. The minimum absolute atomic E-state index is 0.207. The summed E-state index contributed by atoms with van der Waals surface area (Å²) in [7, 11) is 0. The van der Waals surface area contributed by atoms with Crippen molar-refractivity contribution < 1.29 is 4.79 Å². The largest absolute Gasteiger partial charge is 0.342 e. The van der Waals surface area contributed by atoms with Gasteiger partial charge in [-0.3, -0.25) is 4.79 Å². The Morgan fingerprint density at radius 3 is 2.29 bits per heavy atom. The zero-order valence-electron chi connectivity index (χ0n) is 9.97. The quantitative estimate of drug-likeness (QED) is 0.675. The van der Waals surface area contributed by atoms with E-state index in [0.717, 1.165) is 26.1 Å². The van der Waals surface area contributed by atoms with Crippen molar-refractivity contribution in [3.63, 3.8) is 0 Å². The summed E-state index contributed by atoms with van der Waals surface area (Å²) in [6.07, 6.45) is 1.16. The van der Waals surface area contributed by atoms with Gasteiger partial charge in [0.25, 0.3) is 0 Å². The third-order valence-electron chi connectivity index (χ3n) is 2.58. The highest BCUT2D eigenvalue weighted by Crippen LogP contribution is 1.97. The van der Waals surface area contributed by atoms with Crippen molar-refractivity contribution in [2.45, 2.75) is 34.1 Å². The van der Waals surface area contributed by atoms with Crippen LogP contribution in [0.25, 0.3) is 0 Å². The molecule has 0 aliphatic heterocycles. The standard InChI is InChI=1S/C11H24N2O/c1-5-10(4)8-12-9-11(14)13(6-2)7-3/h10,12H,5-9H2,1-4H3. The maximum absolute atomic E-state index is 11.5. The molecule has 1 N–H and O–H groups in total. The molecule has 0 aliphatic rings. The first kappa shape index (κ1) is 13.4. The van der Waals surface area contributed by atoms with Crippen molar-refractivity contribution in [3.05, 3.63) is 0 Å². The number of carbonyl (C=O) groups is 1. The van der Waals surface area contributed by atoms with E-state index < -0.39 is 0 Å². The maximum Gasteiger partial charge on any atom is 0.236 e. The highest BCUT2D eigenvalue weighted by Gasteiger charge is 2.08. The van der Waals surface area contributed by atoms with E-state index in [2.05, 4.69) is 19.2 Å². The summed E-state index contributed by atoms with van der Waals surface area (Å²) in [5.74, 6) is 0.859. The first-order chi connectivity index (χ1) is 6.65. The van der Waals surface area contributed by atoms with Crippen LogP contribution in [0, 0.1) is 5.92 Å². The van der Waals surface area contributed by atoms with Crippen molar-refractivity contribution in [1.29, 1.82) is 0 Å². The van der Waals surface area contributed by atoms with Gasteiger partial charge >= 0.3 is 0 Å². The van der Waals surface area contributed by atoms with E-state index in [9.17, 15) is 4.79 Å². The lowest BCUT2D eigenvalue weighted by Gasteiger charge is -2.19. The van der Waals surface area contributed by atoms with Crippen molar-refractivity contribution in [2.75, 3.05) is 26.2 Å². The molecule has 0 aromatic heterocycles. The van der Waals surface area contributed by atoms with E-state index >= 15 is 0 Å². The molecule has 1 amide bonds. The topological polar surface area (TPSA) is 32.3 Å². The Kier molecular flexibility index (Phi) is 7.48. The smallest absolute Gasteiger partial charge is 0.236 e. The molecule has 0 saturated heterocycles. The van der Waals surface area contributed by atoms with Gasteiger partial charge in [-0.05, 0) is 26.3 Å². The molecule has 0 saturated carbocycles. The Balaban J connectivity index is 3.62. The monoisotopic (exact) mass is 200 g/mol. The molecule has 3 nitrogen and oxygen atoms in total. The van der Waals surface area contributed by atoms with Crippen LogP contribution in [0.4, 0.5) is 0 Å². The van der Waals surface area contributed by atoms with Crippen LogP contribution in [0.5, 0.6) is 0 Å². The van der Waals surface area contributed by atoms with Gasteiger partial charge in [-0.2, -0.15) is 0 Å². The number of carbonyl (C=O) groups excluding carboxylic acids is 1. The third kappa shape index (κ3) is 5.22. The number of rotatable bonds is 7. The Hall–Kier alpha value is -0.570. The Morgan fingerprint density at radius 2 is 1.86 bits per heavy atom. The van der Waals surface area contributed by atoms with Crippen LogP contribution >= 0.6 is 0 Å². The highest BCUT2D eigenvalue weighted by molar-refractivity contribution is 5.78. The summed E-state index contributed by atoms with van der Waals surface area (Å²) in [5.41, 5.74) is 0. The molecule has 0 aliphatic carbocycles. The normalized spacial score (nSPS) is 12.6. The Bertz CT molecular complexity index is 155. The van der Waals surface area contributed by atoms with Crippen LogP contribution in [-0.4, -0.2) is 37.0 Å². The minimum Gasteiger partial charge on any atom is -0.342 e. The zero-order valence-corrected chi connectivity index (χ0v) is 9.97. The summed E-state index contributed by atoms with van der Waals surface area (Å²) in [4.78, 5) is 13.4. The van der Waals surface area contributed by atoms with Crippen LogP contribution in [-0.2, 0) is 4.79 Å². The molecule has 1 atom stereocenters. The van der Waals surface area contributed by atoms with E-state index in [1.807, 2.05) is 18.7 Å². The predicted molar refractivity (Wildman–Crippen MR) is 60.3 cm³/mol. The molecule has 0 spiro atoms. The van der Waals surface area contributed by atoms with E-state index in [1.165, 1.54) is 0 Å². The molecule has 1 unspecified atom stereocenters. The average molecular weight is 200 g/mol. The molecule has 0 rings (SSSR count). The van der Waals surface area contributed by atoms with Gasteiger partial charge in [-0.1, -0.05) is 20.3 Å². The van der Waals surface area contributed by atoms with Crippen molar-refractivity contribution in [1.82, 2.24) is 10.2 Å². The van der Waals surface area contributed by atoms with E-state index in [-0.39, 0.29) is 5.91 Å². The van der Waals surface area contributed by atoms with E-state index in [1.54, 1.807) is 0 Å². The summed E-state index contributed by atoms with van der Waals surface area (Å²) in [5, 5.41) is 3.19. The van der Waals surface area contributed by atoms with Crippen LogP contribution in [0.1, 0.15) is 34.1 Å². The Morgan fingerprint density at radius 1 is 1.29 bits per heavy atom. The first-order valence-electron chi connectivity index (χ1n) is 5.64. The molecular formula is C11H24N2O. The van der Waals surface area contributed by atoms with Crippen LogP contribution in [0.3, 0.4) is 0 Å². The van der Waals surface area contributed by atoms with Crippen molar-refractivity contribution in [3.8, 4) is 0 Å². The lowest BCUT2D eigenvalue weighted by Crippen LogP contribution is -2.39. The second-order valence-corrected chi connectivity index (χ2v) is 3.71. The van der Waals surface area contributed by atoms with Crippen LogP contribution < -0.4 is 5.32 Å². The van der Waals surface area contributed by atoms with Crippen molar-refractivity contribution >= 4 is 5.91 Å². The number of hydrogen-bond acceptors (Lipinski definition) is 2. The molecule has 0 aromatic carbocycles. The molecule has 0 radical (unpaired) electrons. The lowest BCUT2D eigenvalue weighted by molar-refractivity contribution is -0.129. The van der Waals surface area contributed by atoms with E-state index in [4.69, 9.17) is 0 Å². The number of hydrogen-bond donors (Lipinski definition) is 1. The molecule has 14 heavy (non-hydrogen) atoms. The Labute approximate surface area is 87.9 Å². The van der Waals surface area contributed by atoms with Gasteiger partial charge in [0.15, 0.2) is 0 Å². The number of amides is 1. The molecule has 3 heteroatoms. The summed E-state index contributed by atoms with van der Waals surface area (Å²) in [6.45, 7) is 11.4. The highest BCUT2D eigenvalue weighted by atomic mass is 16.2. The van der Waals surface area contributed by atoms with Gasteiger partial charge in [-0.15, -0.1) is 0 Å². The van der Waals surface area contributed by atoms with Gasteiger partial charge in [0.05, 0.1) is 6.54 Å². The first-order valence-corrected chi connectivity index (χ1v) is 5.64. The molecule has 0 aromatic rings. The van der Waals surface area contributed by atoms with Gasteiger partial charge < -0.3 is 10.2 Å². The summed E-state index contributed by atoms with van der Waals surface area (Å²) < 4.78 is 0. The number of likely N-dealkylation sites (N-methyl/N-ethyl adjacent to an activating group) is 1. The molecule has 0 heterocycles. The van der Waals surface area contributed by atoms with Crippen LogP contribution in [0.2, 0.25) is 0 Å². The van der Waals surface area contributed by atoms with Gasteiger partial charge in [0.2, 0.25) is 5.91 Å². The maximum atomic E-state index is 11.5. The number of nitrogens with zero attached hydrogens (tertiary/aromatic N) is 1. The predicted octanol–water partition coefficient (Wildman–Crippen LogP) is 1.49. The fraction of sp³-hybridized carbons (Fsp3) is 0.909. The summed E-state index contributed by atoms with van der Waals surface area (Å²) in [6, 6.07) is 0. The zero-order chi connectivity index (χ0) is 11.0. The fourth-order valence-electron chi connectivity index (χ4n) is 1.26. The molecular weight excluding hydrogens is 176 g/mol. The third-order valence-corrected chi connectivity index (χ3v) is 2.58. The molecule has 0 fully saturated rings. The van der Waals surface area contributed by atoms with Crippen molar-refractivity contribution in [2.24, 2.45) is 5.92 Å². The average Bonchev–Trinajstić information content (AvgIpc) is 2.19. The van der Waals surface area contributed by atoms with Gasteiger partial charge in [0, 0.05) is 13.1 Å². The molecule has 0 bridgehead atoms. The molecule has 84 valence electrons. The minimum atomic E-state index is 0.207.